The van der Waals surface area contributed by atoms with E-state index >= 15 is 0 Å². The van der Waals surface area contributed by atoms with E-state index in [1.165, 1.54) is 32.1 Å². The van der Waals surface area contributed by atoms with E-state index in [4.69, 9.17) is 0 Å². The molecule has 0 radical (unpaired) electrons. The Hall–Kier alpha value is -1.69. The van der Waals surface area contributed by atoms with Crippen LogP contribution in [-0.4, -0.2) is 10.8 Å². The molecule has 1 aromatic heterocycles. The molecule has 3 rings (SSSR count). The molecule has 4 atom stereocenters. The molecule has 2 fully saturated rings. The van der Waals surface area contributed by atoms with Crippen molar-refractivity contribution in [3.63, 3.8) is 0 Å². The summed E-state index contributed by atoms with van der Waals surface area (Å²) >= 11 is 0. The Morgan fingerprint density at radius 3 is 2.71 bits per heavy atom. The van der Waals surface area contributed by atoms with Crippen molar-refractivity contribution in [2.24, 2.45) is 17.8 Å². The molecular weight excluding hydrogens is 260 g/mol. The molecule has 2 aliphatic rings. The number of rotatable bonds is 3. The van der Waals surface area contributed by atoms with Crippen LogP contribution in [0.25, 0.3) is 0 Å². The smallest absolute Gasteiger partial charge is 0.159 e. The molecule has 0 aliphatic heterocycles. The average Bonchev–Trinajstić information content (AvgIpc) is 2.56. The van der Waals surface area contributed by atoms with Crippen LogP contribution in [0.1, 0.15) is 56.6 Å². The minimum absolute atomic E-state index is 0.0657. The van der Waals surface area contributed by atoms with Crippen LogP contribution in [0, 0.1) is 29.1 Å². The van der Waals surface area contributed by atoms with E-state index in [9.17, 15) is 10.1 Å². The number of hydrogen-bond acceptors (Lipinski definition) is 3. The van der Waals surface area contributed by atoms with E-state index in [1.54, 1.807) is 12.3 Å². The Labute approximate surface area is 126 Å². The lowest BCUT2D eigenvalue weighted by Crippen LogP contribution is -2.33. The highest BCUT2D eigenvalue weighted by molar-refractivity contribution is 5.90. The fourth-order valence-corrected chi connectivity index (χ4v) is 4.19. The van der Waals surface area contributed by atoms with Crippen molar-refractivity contribution in [3.8, 4) is 6.07 Å². The quantitative estimate of drug-likeness (QED) is 0.845. The molecule has 3 nitrogen and oxygen atoms in total. The van der Waals surface area contributed by atoms with E-state index in [-0.39, 0.29) is 11.7 Å². The van der Waals surface area contributed by atoms with Crippen molar-refractivity contribution < 1.29 is 4.79 Å². The van der Waals surface area contributed by atoms with Gasteiger partial charge in [-0.1, -0.05) is 31.7 Å². The first-order chi connectivity index (χ1) is 10.3. The Bertz CT molecular complexity index is 534. The highest BCUT2D eigenvalue weighted by atomic mass is 16.1. The molecule has 0 bridgehead atoms. The van der Waals surface area contributed by atoms with Crippen LogP contribution >= 0.6 is 0 Å². The number of hydrogen-bond donors (Lipinski definition) is 0. The molecule has 2 aliphatic carbocycles. The summed E-state index contributed by atoms with van der Waals surface area (Å²) in [5.74, 6) is 1.02. The van der Waals surface area contributed by atoms with Crippen molar-refractivity contribution in [3.05, 3.63) is 30.1 Å². The summed E-state index contributed by atoms with van der Waals surface area (Å²) in [6.45, 7) is 0. The molecule has 2 saturated carbocycles. The Kier molecular flexibility index (Phi) is 4.34. The van der Waals surface area contributed by atoms with E-state index in [0.717, 1.165) is 18.8 Å². The fraction of sp³-hybridized carbons (Fsp3) is 0.611. The van der Waals surface area contributed by atoms with E-state index < -0.39 is 5.92 Å². The van der Waals surface area contributed by atoms with Crippen molar-refractivity contribution in [2.45, 2.75) is 50.9 Å². The maximum Gasteiger partial charge on any atom is 0.159 e. The molecule has 0 aromatic carbocycles. The lowest BCUT2D eigenvalue weighted by molar-refractivity contribution is -0.125. The topological polar surface area (TPSA) is 53.8 Å². The van der Waals surface area contributed by atoms with Gasteiger partial charge in [-0.15, -0.1) is 0 Å². The van der Waals surface area contributed by atoms with Gasteiger partial charge in [0.2, 0.25) is 0 Å². The van der Waals surface area contributed by atoms with Crippen LogP contribution in [0.5, 0.6) is 0 Å². The molecule has 4 unspecified atom stereocenters. The summed E-state index contributed by atoms with van der Waals surface area (Å²) < 4.78 is 0. The van der Waals surface area contributed by atoms with E-state index in [0.29, 0.717) is 11.6 Å². The van der Waals surface area contributed by atoms with Crippen molar-refractivity contribution in [2.75, 3.05) is 0 Å². The number of aromatic nitrogens is 1. The van der Waals surface area contributed by atoms with Crippen molar-refractivity contribution >= 4 is 5.78 Å². The van der Waals surface area contributed by atoms with Gasteiger partial charge in [-0.3, -0.25) is 9.78 Å². The standard InChI is InChI=1S/C18H22N2O/c19-12-16(17-7-3-4-10-20-17)18(21)15-9-8-13-5-1-2-6-14(13)11-15/h3-4,7,10,13-16H,1-2,5-6,8-9,11H2. The molecule has 0 amide bonds. The third kappa shape index (κ3) is 3.00. The second-order valence-electron chi connectivity index (χ2n) is 6.53. The minimum Gasteiger partial charge on any atom is -0.297 e. The van der Waals surface area contributed by atoms with Gasteiger partial charge in [0.25, 0.3) is 0 Å². The first kappa shape index (κ1) is 14.3. The number of nitriles is 1. The number of pyridine rings is 1. The van der Waals surface area contributed by atoms with Gasteiger partial charge < -0.3 is 0 Å². The van der Waals surface area contributed by atoms with Gasteiger partial charge >= 0.3 is 0 Å². The Morgan fingerprint density at radius 2 is 2.00 bits per heavy atom. The minimum atomic E-state index is -0.684. The lowest BCUT2D eigenvalue weighted by Gasteiger charge is -2.39. The van der Waals surface area contributed by atoms with Gasteiger partial charge in [-0.25, -0.2) is 0 Å². The monoisotopic (exact) mass is 282 g/mol. The predicted molar refractivity (Wildman–Crippen MR) is 80.4 cm³/mol. The molecule has 1 aromatic rings. The largest absolute Gasteiger partial charge is 0.297 e. The molecule has 0 saturated heterocycles. The maximum atomic E-state index is 12.7. The second kappa shape index (κ2) is 6.39. The molecule has 3 heteroatoms. The van der Waals surface area contributed by atoms with Crippen LogP contribution in [0.4, 0.5) is 0 Å². The van der Waals surface area contributed by atoms with Crippen molar-refractivity contribution in [1.29, 1.82) is 5.26 Å². The lowest BCUT2D eigenvalue weighted by atomic mass is 9.66. The van der Waals surface area contributed by atoms with Crippen LogP contribution in [-0.2, 0) is 4.79 Å². The zero-order valence-corrected chi connectivity index (χ0v) is 12.4. The highest BCUT2D eigenvalue weighted by Crippen LogP contribution is 2.43. The summed E-state index contributed by atoms with van der Waals surface area (Å²) in [6.07, 6.45) is 10.1. The van der Waals surface area contributed by atoms with Gasteiger partial charge in [0.15, 0.2) is 5.78 Å². The summed E-state index contributed by atoms with van der Waals surface area (Å²) in [7, 11) is 0. The summed E-state index contributed by atoms with van der Waals surface area (Å²) in [5, 5.41) is 9.40. The SMILES string of the molecule is N#CC(C(=O)C1CCC2CCCCC2C1)c1ccccn1. The van der Waals surface area contributed by atoms with Crippen molar-refractivity contribution in [1.82, 2.24) is 4.98 Å². The van der Waals surface area contributed by atoms with E-state index in [1.807, 2.05) is 12.1 Å². The summed E-state index contributed by atoms with van der Waals surface area (Å²) in [5.41, 5.74) is 0.607. The van der Waals surface area contributed by atoms with Gasteiger partial charge in [0, 0.05) is 12.1 Å². The number of nitrogens with zero attached hydrogens (tertiary/aromatic N) is 2. The third-order valence-electron chi connectivity index (χ3n) is 5.34. The summed E-state index contributed by atoms with van der Waals surface area (Å²) in [4.78, 5) is 16.9. The van der Waals surface area contributed by atoms with E-state index in [2.05, 4.69) is 11.1 Å². The fourth-order valence-electron chi connectivity index (χ4n) is 4.19. The molecule has 0 N–H and O–H groups in total. The van der Waals surface area contributed by atoms with Crippen LogP contribution in [0.3, 0.4) is 0 Å². The molecule has 1 heterocycles. The van der Waals surface area contributed by atoms with Crippen LogP contribution in [0.15, 0.2) is 24.4 Å². The molecule has 21 heavy (non-hydrogen) atoms. The maximum absolute atomic E-state index is 12.7. The highest BCUT2D eigenvalue weighted by Gasteiger charge is 2.37. The Morgan fingerprint density at radius 1 is 1.19 bits per heavy atom. The van der Waals surface area contributed by atoms with Gasteiger partial charge in [0.1, 0.15) is 5.92 Å². The number of carbonyl (C=O) groups is 1. The Balaban J connectivity index is 1.71. The second-order valence-corrected chi connectivity index (χ2v) is 6.53. The zero-order chi connectivity index (χ0) is 14.7. The molecule has 110 valence electrons. The van der Waals surface area contributed by atoms with Gasteiger partial charge in [-0.05, 0) is 43.2 Å². The van der Waals surface area contributed by atoms with Gasteiger partial charge in [0.05, 0.1) is 11.8 Å². The first-order valence-corrected chi connectivity index (χ1v) is 8.14. The number of carbonyl (C=O) groups excluding carboxylic acids is 1. The zero-order valence-electron chi connectivity index (χ0n) is 12.4. The number of Topliss-reactive ketones (excluding diaryl/α,β-unsaturated/α-hetero) is 1. The van der Waals surface area contributed by atoms with Gasteiger partial charge in [-0.2, -0.15) is 5.26 Å². The summed E-state index contributed by atoms with van der Waals surface area (Å²) in [6, 6.07) is 7.63. The van der Waals surface area contributed by atoms with Crippen LogP contribution in [0.2, 0.25) is 0 Å². The third-order valence-corrected chi connectivity index (χ3v) is 5.34. The molecular formula is C18H22N2O. The molecule has 0 spiro atoms. The first-order valence-electron chi connectivity index (χ1n) is 8.14. The van der Waals surface area contributed by atoms with Crippen LogP contribution < -0.4 is 0 Å². The average molecular weight is 282 g/mol. The number of fused-ring (bicyclic) bond motifs is 1. The number of ketones is 1. The normalized spacial score (nSPS) is 30.0. The predicted octanol–water partition coefficient (Wildman–Crippen LogP) is 3.86.